The van der Waals surface area contributed by atoms with Crippen molar-refractivity contribution in [3.63, 3.8) is 0 Å². The first-order chi connectivity index (χ1) is 14.0. The van der Waals surface area contributed by atoms with Crippen LogP contribution in [0.15, 0.2) is 59.6 Å². The molecule has 6 heteroatoms. The molecule has 2 atom stereocenters. The minimum absolute atomic E-state index is 0.0729. The van der Waals surface area contributed by atoms with E-state index in [4.69, 9.17) is 9.47 Å². The fraction of sp³-hybridized carbons (Fsp3) is 0.435. The molecule has 0 aliphatic heterocycles. The monoisotopic (exact) mass is 399 g/mol. The number of nitrogens with one attached hydrogen (secondary N) is 1. The highest BCUT2D eigenvalue weighted by Crippen LogP contribution is 2.19. The number of aliphatic hydroxyl groups excluding tert-OH is 1. The Bertz CT molecular complexity index is 752. The Morgan fingerprint density at radius 1 is 1.14 bits per heavy atom. The molecular formula is C23H33N3O3. The zero-order valence-corrected chi connectivity index (χ0v) is 17.8. The van der Waals surface area contributed by atoms with Crippen molar-refractivity contribution in [2.75, 3.05) is 33.9 Å². The maximum absolute atomic E-state index is 10.3. The van der Waals surface area contributed by atoms with E-state index in [-0.39, 0.29) is 19.3 Å². The van der Waals surface area contributed by atoms with Crippen LogP contribution in [-0.4, -0.2) is 55.9 Å². The number of methoxy groups -OCH3 is 1. The molecule has 29 heavy (non-hydrogen) atoms. The maximum atomic E-state index is 10.3. The van der Waals surface area contributed by atoms with Crippen LogP contribution in [-0.2, 0) is 11.3 Å². The number of ether oxygens (including phenoxy) is 2. The van der Waals surface area contributed by atoms with Crippen molar-refractivity contribution in [2.24, 2.45) is 4.99 Å². The third kappa shape index (κ3) is 7.40. The molecule has 0 aromatic heterocycles. The molecule has 0 fully saturated rings. The molecule has 0 saturated heterocycles. The summed E-state index contributed by atoms with van der Waals surface area (Å²) in [5.41, 5.74) is 2.16. The van der Waals surface area contributed by atoms with Crippen molar-refractivity contribution >= 4 is 5.96 Å². The first-order valence-electron chi connectivity index (χ1n) is 10.0. The molecule has 2 unspecified atom stereocenters. The van der Waals surface area contributed by atoms with E-state index in [9.17, 15) is 5.11 Å². The Balaban J connectivity index is 1.91. The fourth-order valence-electron chi connectivity index (χ4n) is 2.95. The summed E-state index contributed by atoms with van der Waals surface area (Å²) in [5, 5.41) is 13.6. The standard InChI is InChI=1S/C23H33N3O3/c1-5-24-23(26(3)16-20-13-9-10-14-22(20)28-4)25-15-21(27)17-29-18(2)19-11-7-6-8-12-19/h6-14,18,21,27H,5,15-17H2,1-4H3,(H,24,25). The van der Waals surface area contributed by atoms with Crippen molar-refractivity contribution < 1.29 is 14.6 Å². The van der Waals surface area contributed by atoms with E-state index in [2.05, 4.69) is 10.3 Å². The number of hydrogen-bond acceptors (Lipinski definition) is 4. The lowest BCUT2D eigenvalue weighted by molar-refractivity contribution is 0.00106. The van der Waals surface area contributed by atoms with Crippen molar-refractivity contribution in [2.45, 2.75) is 32.6 Å². The highest BCUT2D eigenvalue weighted by Gasteiger charge is 2.13. The molecule has 6 nitrogen and oxygen atoms in total. The molecule has 0 radical (unpaired) electrons. The van der Waals surface area contributed by atoms with E-state index in [1.807, 2.05) is 80.4 Å². The third-order valence-electron chi connectivity index (χ3n) is 4.56. The summed E-state index contributed by atoms with van der Waals surface area (Å²) >= 11 is 0. The lowest BCUT2D eigenvalue weighted by atomic mass is 10.1. The van der Waals surface area contributed by atoms with Gasteiger partial charge in [0.05, 0.1) is 32.5 Å². The van der Waals surface area contributed by atoms with Crippen molar-refractivity contribution in [3.8, 4) is 5.75 Å². The predicted molar refractivity (Wildman–Crippen MR) is 117 cm³/mol. The number of para-hydroxylation sites is 1. The predicted octanol–water partition coefficient (Wildman–Crippen LogP) is 3.23. The van der Waals surface area contributed by atoms with Gasteiger partial charge in [-0.1, -0.05) is 48.5 Å². The number of aliphatic hydroxyl groups is 1. The van der Waals surface area contributed by atoms with E-state index in [0.29, 0.717) is 6.54 Å². The van der Waals surface area contributed by atoms with Gasteiger partial charge < -0.3 is 24.8 Å². The Morgan fingerprint density at radius 2 is 1.83 bits per heavy atom. The van der Waals surface area contributed by atoms with Crippen LogP contribution in [0.5, 0.6) is 5.75 Å². The first kappa shape index (κ1) is 22.7. The van der Waals surface area contributed by atoms with E-state index < -0.39 is 6.10 Å². The average molecular weight is 400 g/mol. The highest BCUT2D eigenvalue weighted by molar-refractivity contribution is 5.79. The molecule has 0 amide bonds. The lowest BCUT2D eigenvalue weighted by Crippen LogP contribution is -2.39. The van der Waals surface area contributed by atoms with Gasteiger partial charge in [-0.15, -0.1) is 0 Å². The van der Waals surface area contributed by atoms with E-state index in [0.717, 1.165) is 29.4 Å². The second-order valence-electron chi connectivity index (χ2n) is 6.90. The Morgan fingerprint density at radius 3 is 2.52 bits per heavy atom. The van der Waals surface area contributed by atoms with Crippen LogP contribution in [0.1, 0.15) is 31.1 Å². The molecule has 0 aliphatic carbocycles. The summed E-state index contributed by atoms with van der Waals surface area (Å²) in [5.74, 6) is 1.58. The normalized spacial score (nSPS) is 13.6. The Hall–Kier alpha value is -2.57. The van der Waals surface area contributed by atoms with Gasteiger partial charge in [-0.2, -0.15) is 0 Å². The van der Waals surface area contributed by atoms with Gasteiger partial charge in [0.15, 0.2) is 5.96 Å². The Labute approximate surface area is 174 Å². The van der Waals surface area contributed by atoms with Gasteiger partial charge in [0.1, 0.15) is 5.75 Å². The van der Waals surface area contributed by atoms with Crippen LogP contribution in [0.25, 0.3) is 0 Å². The molecule has 0 spiro atoms. The summed E-state index contributed by atoms with van der Waals surface area (Å²) in [6, 6.07) is 17.9. The molecule has 0 bridgehead atoms. The molecule has 2 aromatic rings. The number of benzene rings is 2. The van der Waals surface area contributed by atoms with Crippen LogP contribution >= 0.6 is 0 Å². The SMILES string of the molecule is CCNC(=NCC(O)COC(C)c1ccccc1)N(C)Cc1ccccc1OC. The van der Waals surface area contributed by atoms with Crippen molar-refractivity contribution in [3.05, 3.63) is 65.7 Å². The minimum Gasteiger partial charge on any atom is -0.496 e. The van der Waals surface area contributed by atoms with Gasteiger partial charge in [0.2, 0.25) is 0 Å². The molecule has 2 rings (SSSR count). The molecule has 2 aromatic carbocycles. The van der Waals surface area contributed by atoms with Gasteiger partial charge in [-0.3, -0.25) is 4.99 Å². The third-order valence-corrected chi connectivity index (χ3v) is 4.56. The van der Waals surface area contributed by atoms with Gasteiger partial charge in [0.25, 0.3) is 0 Å². The number of aliphatic imine (C=N–C) groups is 1. The number of rotatable bonds is 10. The van der Waals surface area contributed by atoms with E-state index in [1.165, 1.54) is 0 Å². The second-order valence-corrected chi connectivity index (χ2v) is 6.90. The summed E-state index contributed by atoms with van der Waals surface area (Å²) in [6.07, 6.45) is -0.745. The molecular weight excluding hydrogens is 366 g/mol. The van der Waals surface area contributed by atoms with E-state index in [1.54, 1.807) is 7.11 Å². The van der Waals surface area contributed by atoms with Crippen LogP contribution < -0.4 is 10.1 Å². The summed E-state index contributed by atoms with van der Waals surface area (Å²) in [6.45, 7) is 5.89. The van der Waals surface area contributed by atoms with Gasteiger partial charge in [-0.25, -0.2) is 0 Å². The van der Waals surface area contributed by atoms with Gasteiger partial charge in [-0.05, 0) is 25.5 Å². The minimum atomic E-state index is -0.672. The fourth-order valence-corrected chi connectivity index (χ4v) is 2.95. The number of guanidine groups is 1. The van der Waals surface area contributed by atoms with E-state index >= 15 is 0 Å². The molecule has 158 valence electrons. The summed E-state index contributed by atoms with van der Waals surface area (Å²) in [7, 11) is 3.64. The maximum Gasteiger partial charge on any atom is 0.194 e. The van der Waals surface area contributed by atoms with Crippen molar-refractivity contribution in [1.82, 2.24) is 10.2 Å². The molecule has 2 N–H and O–H groups in total. The lowest BCUT2D eigenvalue weighted by Gasteiger charge is -2.23. The zero-order chi connectivity index (χ0) is 21.1. The number of nitrogens with zero attached hydrogens (tertiary/aromatic N) is 2. The summed E-state index contributed by atoms with van der Waals surface area (Å²) in [4.78, 5) is 6.59. The van der Waals surface area contributed by atoms with Crippen molar-refractivity contribution in [1.29, 1.82) is 0 Å². The second kappa shape index (κ2) is 12.1. The summed E-state index contributed by atoms with van der Waals surface area (Å²) < 4.78 is 11.2. The largest absolute Gasteiger partial charge is 0.496 e. The smallest absolute Gasteiger partial charge is 0.194 e. The average Bonchev–Trinajstić information content (AvgIpc) is 2.75. The topological polar surface area (TPSA) is 66.3 Å². The number of hydrogen-bond donors (Lipinski definition) is 2. The van der Waals surface area contributed by atoms with Crippen LogP contribution in [0.4, 0.5) is 0 Å². The quantitative estimate of drug-likeness (QED) is 0.474. The van der Waals surface area contributed by atoms with Crippen LogP contribution in [0, 0.1) is 0 Å². The Kier molecular flexibility index (Phi) is 9.47. The van der Waals surface area contributed by atoms with Gasteiger partial charge in [0, 0.05) is 25.7 Å². The molecule has 0 heterocycles. The first-order valence-corrected chi connectivity index (χ1v) is 10.0. The highest BCUT2D eigenvalue weighted by atomic mass is 16.5. The molecule has 0 saturated carbocycles. The van der Waals surface area contributed by atoms with Crippen LogP contribution in [0.2, 0.25) is 0 Å². The van der Waals surface area contributed by atoms with Gasteiger partial charge >= 0.3 is 0 Å². The molecule has 0 aliphatic rings. The van der Waals surface area contributed by atoms with Crippen LogP contribution in [0.3, 0.4) is 0 Å². The zero-order valence-electron chi connectivity index (χ0n) is 17.8.